The number of ether oxygens (including phenoxy) is 1. The number of aromatic amines is 1. The molecular formula is C19H15N3O2. The van der Waals surface area contributed by atoms with Crippen LogP contribution in [0.2, 0.25) is 0 Å². The highest BCUT2D eigenvalue weighted by Gasteiger charge is 2.15. The summed E-state index contributed by atoms with van der Waals surface area (Å²) in [7, 11) is 1.63. The summed E-state index contributed by atoms with van der Waals surface area (Å²) in [5.41, 5.74) is 3.15. The summed E-state index contributed by atoms with van der Waals surface area (Å²) in [5.74, 6) is 0.744. The maximum Gasteiger partial charge on any atom is 0.260 e. The van der Waals surface area contributed by atoms with Gasteiger partial charge in [-0.3, -0.25) is 4.79 Å². The molecule has 0 aliphatic heterocycles. The van der Waals surface area contributed by atoms with Gasteiger partial charge in [0.2, 0.25) is 0 Å². The van der Waals surface area contributed by atoms with Crippen molar-refractivity contribution in [3.05, 3.63) is 77.5 Å². The second-order valence-electron chi connectivity index (χ2n) is 5.41. The van der Waals surface area contributed by atoms with Crippen LogP contribution in [0.3, 0.4) is 0 Å². The van der Waals surface area contributed by atoms with E-state index in [1.165, 1.54) is 6.33 Å². The van der Waals surface area contributed by atoms with Crippen LogP contribution < -0.4 is 10.3 Å². The summed E-state index contributed by atoms with van der Waals surface area (Å²) in [4.78, 5) is 19.5. The number of nitrogens with one attached hydrogen (secondary N) is 1. The summed E-state index contributed by atoms with van der Waals surface area (Å²) >= 11 is 0. The average Bonchev–Trinajstić information content (AvgIpc) is 3.04. The minimum Gasteiger partial charge on any atom is -0.497 e. The number of methoxy groups -OCH3 is 1. The maximum absolute atomic E-state index is 12.4. The number of aromatic nitrogens is 3. The summed E-state index contributed by atoms with van der Waals surface area (Å²) in [6.45, 7) is 0. The van der Waals surface area contributed by atoms with E-state index in [1.54, 1.807) is 7.11 Å². The summed E-state index contributed by atoms with van der Waals surface area (Å²) < 4.78 is 7.23. The molecule has 0 saturated heterocycles. The van der Waals surface area contributed by atoms with E-state index in [9.17, 15) is 4.79 Å². The Kier molecular flexibility index (Phi) is 3.39. The highest BCUT2D eigenvalue weighted by atomic mass is 16.5. The lowest BCUT2D eigenvalue weighted by atomic mass is 10.1. The zero-order valence-corrected chi connectivity index (χ0v) is 13.1. The average molecular weight is 317 g/mol. The van der Waals surface area contributed by atoms with Crippen molar-refractivity contribution in [2.75, 3.05) is 7.11 Å². The Labute approximate surface area is 138 Å². The Balaban J connectivity index is 2.04. The lowest BCUT2D eigenvalue weighted by Crippen LogP contribution is -2.07. The van der Waals surface area contributed by atoms with E-state index in [0.717, 1.165) is 22.6 Å². The Morgan fingerprint density at radius 1 is 1.08 bits per heavy atom. The fraction of sp³-hybridized carbons (Fsp3) is 0.0526. The Morgan fingerprint density at radius 2 is 1.92 bits per heavy atom. The predicted octanol–water partition coefficient (Wildman–Crippen LogP) is 3.39. The first-order chi connectivity index (χ1) is 11.8. The van der Waals surface area contributed by atoms with Gasteiger partial charge in [-0.2, -0.15) is 0 Å². The third-order valence-corrected chi connectivity index (χ3v) is 4.00. The van der Waals surface area contributed by atoms with E-state index in [0.29, 0.717) is 11.0 Å². The molecule has 0 fully saturated rings. The van der Waals surface area contributed by atoms with E-state index < -0.39 is 0 Å². The molecule has 2 heterocycles. The van der Waals surface area contributed by atoms with Gasteiger partial charge in [0.15, 0.2) is 5.65 Å². The quantitative estimate of drug-likeness (QED) is 0.630. The van der Waals surface area contributed by atoms with Crippen molar-refractivity contribution in [1.82, 2.24) is 14.5 Å². The lowest BCUT2D eigenvalue weighted by molar-refractivity contribution is 0.415. The van der Waals surface area contributed by atoms with E-state index >= 15 is 0 Å². The molecule has 0 aliphatic rings. The maximum atomic E-state index is 12.4. The predicted molar refractivity (Wildman–Crippen MR) is 93.7 cm³/mol. The molecule has 5 nitrogen and oxygen atoms in total. The Hall–Kier alpha value is -3.34. The number of rotatable bonds is 3. The molecule has 1 N–H and O–H groups in total. The Bertz CT molecular complexity index is 1060. The second-order valence-corrected chi connectivity index (χ2v) is 5.41. The van der Waals surface area contributed by atoms with Crippen LogP contribution in [0.15, 0.2) is 71.9 Å². The molecule has 118 valence electrons. The number of hydrogen-bond acceptors (Lipinski definition) is 3. The van der Waals surface area contributed by atoms with E-state index in [-0.39, 0.29) is 5.56 Å². The van der Waals surface area contributed by atoms with Gasteiger partial charge < -0.3 is 14.3 Å². The lowest BCUT2D eigenvalue weighted by Gasteiger charge is -2.03. The monoisotopic (exact) mass is 317 g/mol. The van der Waals surface area contributed by atoms with Crippen LogP contribution in [0.5, 0.6) is 5.75 Å². The highest BCUT2D eigenvalue weighted by Crippen LogP contribution is 2.31. The molecule has 4 rings (SSSR count). The van der Waals surface area contributed by atoms with Crippen molar-refractivity contribution in [3.63, 3.8) is 0 Å². The van der Waals surface area contributed by atoms with Crippen molar-refractivity contribution in [3.8, 4) is 22.6 Å². The van der Waals surface area contributed by atoms with E-state index in [2.05, 4.69) is 9.97 Å². The number of H-pyrrole nitrogens is 1. The van der Waals surface area contributed by atoms with E-state index in [4.69, 9.17) is 4.74 Å². The summed E-state index contributed by atoms with van der Waals surface area (Å²) in [5, 5.41) is 0.564. The van der Waals surface area contributed by atoms with Crippen molar-refractivity contribution < 1.29 is 4.74 Å². The molecule has 5 heteroatoms. The third-order valence-electron chi connectivity index (χ3n) is 4.00. The third kappa shape index (κ3) is 2.27. The van der Waals surface area contributed by atoms with Gasteiger partial charge >= 0.3 is 0 Å². The fourth-order valence-electron chi connectivity index (χ4n) is 2.87. The highest BCUT2D eigenvalue weighted by molar-refractivity contribution is 5.94. The zero-order valence-electron chi connectivity index (χ0n) is 13.1. The number of hydrogen-bond donors (Lipinski definition) is 1. The fourth-order valence-corrected chi connectivity index (χ4v) is 2.87. The smallest absolute Gasteiger partial charge is 0.260 e. The number of benzene rings is 2. The molecule has 0 aliphatic carbocycles. The molecular weight excluding hydrogens is 302 g/mol. The van der Waals surface area contributed by atoms with Gasteiger partial charge in [0.05, 0.1) is 18.8 Å². The standard InChI is InChI=1S/C19H15N3O2/c1-24-15-9-5-6-13(10-15)16-11-22(14-7-3-2-4-8-14)18-17(16)19(23)21-12-20-18/h2-12H,1H3,(H,20,21,23). The molecule has 0 spiro atoms. The van der Waals surface area contributed by atoms with Crippen LogP contribution in [0, 0.1) is 0 Å². The van der Waals surface area contributed by atoms with Gasteiger partial charge in [-0.25, -0.2) is 4.98 Å². The van der Waals surface area contributed by atoms with Crippen LogP contribution in [-0.4, -0.2) is 21.6 Å². The first kappa shape index (κ1) is 14.3. The van der Waals surface area contributed by atoms with Gasteiger partial charge in [-0.15, -0.1) is 0 Å². The molecule has 2 aromatic carbocycles. The van der Waals surface area contributed by atoms with Crippen LogP contribution >= 0.6 is 0 Å². The summed E-state index contributed by atoms with van der Waals surface area (Å²) in [6.07, 6.45) is 3.37. The normalized spacial score (nSPS) is 10.9. The summed E-state index contributed by atoms with van der Waals surface area (Å²) in [6, 6.07) is 17.5. The SMILES string of the molecule is COc1cccc(-c2cn(-c3ccccc3)c3nc[nH]c(=O)c23)c1. The first-order valence-corrected chi connectivity index (χ1v) is 7.56. The van der Waals surface area contributed by atoms with Crippen LogP contribution in [0.1, 0.15) is 0 Å². The molecule has 4 aromatic rings. The zero-order chi connectivity index (χ0) is 16.5. The van der Waals surface area contributed by atoms with Crippen molar-refractivity contribution in [1.29, 1.82) is 0 Å². The van der Waals surface area contributed by atoms with E-state index in [1.807, 2.05) is 65.4 Å². The second kappa shape index (κ2) is 5.70. The number of nitrogens with zero attached hydrogens (tertiary/aromatic N) is 2. The minimum atomic E-state index is -0.160. The molecule has 0 saturated carbocycles. The van der Waals surface area contributed by atoms with Gasteiger partial charge in [0, 0.05) is 17.4 Å². The van der Waals surface area contributed by atoms with Gasteiger partial charge in [0.25, 0.3) is 5.56 Å². The largest absolute Gasteiger partial charge is 0.497 e. The number of fused-ring (bicyclic) bond motifs is 1. The van der Waals surface area contributed by atoms with Gasteiger partial charge in [-0.1, -0.05) is 30.3 Å². The molecule has 0 amide bonds. The van der Waals surface area contributed by atoms with Crippen molar-refractivity contribution in [2.24, 2.45) is 0 Å². The topological polar surface area (TPSA) is 59.9 Å². The molecule has 0 radical (unpaired) electrons. The van der Waals surface area contributed by atoms with Crippen molar-refractivity contribution in [2.45, 2.75) is 0 Å². The van der Waals surface area contributed by atoms with Crippen molar-refractivity contribution >= 4 is 11.0 Å². The number of para-hydroxylation sites is 1. The van der Waals surface area contributed by atoms with Gasteiger partial charge in [0.1, 0.15) is 5.75 Å². The van der Waals surface area contributed by atoms with Gasteiger partial charge in [-0.05, 0) is 29.8 Å². The molecule has 0 bridgehead atoms. The van der Waals surface area contributed by atoms with Crippen LogP contribution in [-0.2, 0) is 0 Å². The molecule has 0 unspecified atom stereocenters. The molecule has 2 aromatic heterocycles. The van der Waals surface area contributed by atoms with Crippen LogP contribution in [0.25, 0.3) is 27.8 Å². The first-order valence-electron chi connectivity index (χ1n) is 7.56. The molecule has 24 heavy (non-hydrogen) atoms. The molecule has 0 atom stereocenters. The minimum absolute atomic E-state index is 0.160. The Morgan fingerprint density at radius 3 is 2.71 bits per heavy atom. The van der Waals surface area contributed by atoms with Crippen LogP contribution in [0.4, 0.5) is 0 Å².